The number of hydrogen-bond acceptors (Lipinski definition) is 7. The quantitative estimate of drug-likeness (QED) is 0.149. The molecule has 3 N–H and O–H groups in total. The van der Waals surface area contributed by atoms with Crippen molar-refractivity contribution < 1.29 is 29.4 Å². The molecule has 1 saturated heterocycles. The summed E-state index contributed by atoms with van der Waals surface area (Å²) in [5, 5.41) is 18.6. The van der Waals surface area contributed by atoms with Crippen LogP contribution >= 0.6 is 0 Å². The fourth-order valence-electron chi connectivity index (χ4n) is 1.94. The Morgan fingerprint density at radius 2 is 2.17 bits per heavy atom. The fraction of sp³-hybridized carbons (Fsp3) is 0.643. The first kappa shape index (κ1) is 19.1. The van der Waals surface area contributed by atoms with Crippen LogP contribution in [0.5, 0.6) is 0 Å². The van der Waals surface area contributed by atoms with Crippen molar-refractivity contribution in [2.24, 2.45) is 10.9 Å². The van der Waals surface area contributed by atoms with Crippen LogP contribution in [0, 0.1) is 5.92 Å². The highest BCUT2D eigenvalue weighted by molar-refractivity contribution is 5.95. The minimum absolute atomic E-state index is 0.0210. The van der Waals surface area contributed by atoms with Crippen molar-refractivity contribution in [3.63, 3.8) is 0 Å². The van der Waals surface area contributed by atoms with Crippen LogP contribution in [0.2, 0.25) is 0 Å². The van der Waals surface area contributed by atoms with Crippen molar-refractivity contribution in [1.29, 1.82) is 0 Å². The molecule has 9 heteroatoms. The summed E-state index contributed by atoms with van der Waals surface area (Å²) in [6, 6.07) is 0. The van der Waals surface area contributed by atoms with E-state index < -0.39 is 18.4 Å². The summed E-state index contributed by atoms with van der Waals surface area (Å²) < 4.78 is 10.6. The Morgan fingerprint density at radius 3 is 2.74 bits per heavy atom. The zero-order chi connectivity index (χ0) is 17.4. The summed E-state index contributed by atoms with van der Waals surface area (Å²) in [5.74, 6) is -0.831. The topological polar surface area (TPSA) is 121 Å². The molecule has 1 heterocycles. The van der Waals surface area contributed by atoms with Gasteiger partial charge in [0.15, 0.2) is 5.84 Å². The average Bonchev–Trinajstić information content (AvgIpc) is 3.01. The molecule has 23 heavy (non-hydrogen) atoms. The number of nitrogens with zero attached hydrogens (tertiary/aromatic N) is 2. The number of nitrogens with one attached hydrogen (secondary N) is 1. The van der Waals surface area contributed by atoms with Gasteiger partial charge in [-0.1, -0.05) is 13.8 Å². The number of aliphatic hydroxyl groups excluding tert-OH is 1. The van der Waals surface area contributed by atoms with Gasteiger partial charge in [0.1, 0.15) is 12.3 Å². The Bertz CT molecular complexity index is 465. The number of hydroxylamine groups is 1. The molecule has 0 bridgehead atoms. The predicted octanol–water partition coefficient (Wildman–Crippen LogP) is -0.0117. The van der Waals surface area contributed by atoms with Crippen molar-refractivity contribution in [2.45, 2.75) is 45.3 Å². The molecule has 1 amide bonds. The zero-order valence-electron chi connectivity index (χ0n) is 13.4. The van der Waals surface area contributed by atoms with E-state index in [1.54, 1.807) is 37.5 Å². The smallest absolute Gasteiger partial charge is 0.310 e. The normalized spacial score (nSPS) is 23.1. The molecule has 1 rings (SSSR count). The van der Waals surface area contributed by atoms with Crippen LogP contribution in [0.1, 0.15) is 26.7 Å². The zero-order valence-corrected chi connectivity index (χ0v) is 13.4. The number of esters is 1. The van der Waals surface area contributed by atoms with Gasteiger partial charge in [-0.15, -0.1) is 0 Å². The Labute approximate surface area is 134 Å². The largest absolute Gasteiger partial charge is 0.433 e. The van der Waals surface area contributed by atoms with Gasteiger partial charge in [0.05, 0.1) is 5.92 Å². The summed E-state index contributed by atoms with van der Waals surface area (Å²) >= 11 is 0. The lowest BCUT2D eigenvalue weighted by Crippen LogP contribution is -2.35. The third-order valence-electron chi connectivity index (χ3n) is 3.28. The summed E-state index contributed by atoms with van der Waals surface area (Å²) in [4.78, 5) is 26.8. The molecule has 0 aliphatic carbocycles. The van der Waals surface area contributed by atoms with Gasteiger partial charge < -0.3 is 19.5 Å². The molecular formula is C14H23N3O6. The molecule has 1 fully saturated rings. The Balaban J connectivity index is 2.52. The van der Waals surface area contributed by atoms with Crippen molar-refractivity contribution in [3.05, 3.63) is 12.3 Å². The fourth-order valence-corrected chi connectivity index (χ4v) is 1.94. The van der Waals surface area contributed by atoms with Gasteiger partial charge in [0.2, 0.25) is 12.7 Å². The van der Waals surface area contributed by atoms with Crippen LogP contribution in [-0.2, 0) is 19.1 Å². The lowest BCUT2D eigenvalue weighted by Gasteiger charge is -2.24. The van der Waals surface area contributed by atoms with Crippen LogP contribution in [0.3, 0.4) is 0 Å². The summed E-state index contributed by atoms with van der Waals surface area (Å²) in [6.45, 7) is 3.36. The maximum atomic E-state index is 11.5. The van der Waals surface area contributed by atoms with E-state index in [-0.39, 0.29) is 18.0 Å². The molecule has 0 aromatic heterocycles. The minimum Gasteiger partial charge on any atom is -0.433 e. The molecule has 3 atom stereocenters. The molecule has 0 radical (unpaired) electrons. The van der Waals surface area contributed by atoms with E-state index in [1.165, 1.54) is 6.08 Å². The lowest BCUT2D eigenvalue weighted by molar-refractivity contribution is -0.199. The van der Waals surface area contributed by atoms with Gasteiger partial charge in [-0.3, -0.25) is 20.3 Å². The van der Waals surface area contributed by atoms with Crippen molar-refractivity contribution in [3.8, 4) is 0 Å². The molecule has 0 saturated carbocycles. The average molecular weight is 329 g/mol. The van der Waals surface area contributed by atoms with Gasteiger partial charge in [-0.05, 0) is 18.9 Å². The van der Waals surface area contributed by atoms with E-state index in [1.807, 2.05) is 0 Å². The van der Waals surface area contributed by atoms with E-state index in [4.69, 9.17) is 14.7 Å². The van der Waals surface area contributed by atoms with E-state index in [2.05, 4.69) is 4.99 Å². The third kappa shape index (κ3) is 5.97. The number of aliphatic imine (C=N–C) groups is 1. The standard InChI is InChI=1S/C14H23N3O6/c1-9(2)13(19)23-14(20)10-4-5-12(22-10)17(3)7-6-11(16-21)15-8-18/h6-10,12,14,20-21H,4-5H2,1-3H3,(H,15,16,18)/b7-6-. The van der Waals surface area contributed by atoms with Crippen LogP contribution in [-0.4, -0.2) is 59.1 Å². The van der Waals surface area contributed by atoms with Gasteiger partial charge in [0.25, 0.3) is 0 Å². The molecule has 130 valence electrons. The molecule has 0 aromatic rings. The third-order valence-corrected chi connectivity index (χ3v) is 3.28. The number of amides is 1. The molecule has 1 aliphatic rings. The number of aliphatic hydroxyl groups is 1. The van der Waals surface area contributed by atoms with E-state index in [0.29, 0.717) is 19.3 Å². The van der Waals surface area contributed by atoms with Gasteiger partial charge in [-0.25, -0.2) is 0 Å². The van der Waals surface area contributed by atoms with Gasteiger partial charge >= 0.3 is 5.97 Å². The number of carbonyl (C=O) groups is 2. The molecule has 9 nitrogen and oxygen atoms in total. The molecule has 1 aliphatic heterocycles. The Hall–Kier alpha value is -1.97. The van der Waals surface area contributed by atoms with E-state index in [0.717, 1.165) is 0 Å². The van der Waals surface area contributed by atoms with Gasteiger partial charge in [-0.2, -0.15) is 4.99 Å². The Kier molecular flexibility index (Phi) is 7.66. The highest BCUT2D eigenvalue weighted by Crippen LogP contribution is 2.25. The second-order valence-electron chi connectivity index (χ2n) is 5.40. The van der Waals surface area contributed by atoms with E-state index in [9.17, 15) is 14.7 Å². The predicted molar refractivity (Wildman–Crippen MR) is 80.2 cm³/mol. The second-order valence-corrected chi connectivity index (χ2v) is 5.40. The van der Waals surface area contributed by atoms with Crippen LogP contribution < -0.4 is 5.48 Å². The highest BCUT2D eigenvalue weighted by atomic mass is 16.7. The lowest BCUT2D eigenvalue weighted by atomic mass is 10.2. The first-order valence-electron chi connectivity index (χ1n) is 7.24. The molecule has 3 unspecified atom stereocenters. The second kappa shape index (κ2) is 9.23. The van der Waals surface area contributed by atoms with Crippen molar-refractivity contribution in [2.75, 3.05) is 7.05 Å². The summed E-state index contributed by atoms with van der Waals surface area (Å²) in [7, 11) is 1.73. The molecule has 0 spiro atoms. The van der Waals surface area contributed by atoms with Crippen LogP contribution in [0.25, 0.3) is 0 Å². The molecular weight excluding hydrogens is 306 g/mol. The highest BCUT2D eigenvalue weighted by Gasteiger charge is 2.34. The first-order valence-corrected chi connectivity index (χ1v) is 7.24. The summed E-state index contributed by atoms with van der Waals surface area (Å²) in [5.41, 5.74) is 1.78. The number of rotatable bonds is 7. The van der Waals surface area contributed by atoms with Crippen molar-refractivity contribution in [1.82, 2.24) is 10.4 Å². The van der Waals surface area contributed by atoms with Crippen LogP contribution in [0.15, 0.2) is 17.3 Å². The van der Waals surface area contributed by atoms with E-state index >= 15 is 0 Å². The minimum atomic E-state index is -1.31. The number of ether oxygens (including phenoxy) is 2. The SMILES string of the molecule is CC(C)C(=O)OC(O)C1CCC(N(C)/C=C\C(=N/C=O)NO)O1. The number of hydrogen-bond donors (Lipinski definition) is 3. The molecule has 0 aromatic carbocycles. The monoisotopic (exact) mass is 329 g/mol. The van der Waals surface area contributed by atoms with Gasteiger partial charge in [0, 0.05) is 13.2 Å². The van der Waals surface area contributed by atoms with Crippen molar-refractivity contribution >= 4 is 18.2 Å². The maximum Gasteiger partial charge on any atom is 0.310 e. The summed E-state index contributed by atoms with van der Waals surface area (Å²) in [6.07, 6.45) is 2.16. The number of carbonyl (C=O) groups excluding carboxylic acids is 2. The Morgan fingerprint density at radius 1 is 1.48 bits per heavy atom. The van der Waals surface area contributed by atoms with Crippen LogP contribution in [0.4, 0.5) is 0 Å². The number of amidine groups is 1. The first-order chi connectivity index (χ1) is 10.9. The maximum absolute atomic E-state index is 11.5.